The van der Waals surface area contributed by atoms with Gasteiger partial charge in [-0.1, -0.05) is 49.4 Å². The van der Waals surface area contributed by atoms with E-state index in [1.54, 1.807) is 0 Å². The maximum Gasteiger partial charge on any atom is 0.192 e. The summed E-state index contributed by atoms with van der Waals surface area (Å²) < 4.78 is 8.39. The second kappa shape index (κ2) is 7.16. The average molecular weight is 354 g/mol. The third kappa shape index (κ3) is 6.40. The van der Waals surface area contributed by atoms with Gasteiger partial charge in [0.05, 0.1) is 0 Å². The molecule has 0 bridgehead atoms. The zero-order valence-corrected chi connectivity index (χ0v) is 14.8. The SMILES string of the molecule is CC(CCC/C=C/I)O[Si](C)(C)C(C)(C)C. The molecule has 1 nitrogen and oxygen atoms in total. The van der Waals surface area contributed by atoms with E-state index in [1.807, 2.05) is 0 Å². The molecule has 0 radical (unpaired) electrons. The Bertz CT molecular complexity index is 218. The van der Waals surface area contributed by atoms with Gasteiger partial charge in [-0.05, 0) is 48.4 Å². The van der Waals surface area contributed by atoms with E-state index in [-0.39, 0.29) is 0 Å². The lowest BCUT2D eigenvalue weighted by molar-refractivity contribution is 0.187. The van der Waals surface area contributed by atoms with Crippen molar-refractivity contribution in [3.63, 3.8) is 0 Å². The lowest BCUT2D eigenvalue weighted by Gasteiger charge is -2.38. The maximum atomic E-state index is 6.30. The van der Waals surface area contributed by atoms with Crippen LogP contribution in [0.4, 0.5) is 0 Å². The van der Waals surface area contributed by atoms with Crippen molar-refractivity contribution in [1.29, 1.82) is 0 Å². The number of hydrogen-bond donors (Lipinski definition) is 0. The van der Waals surface area contributed by atoms with Crippen LogP contribution in [0.25, 0.3) is 0 Å². The summed E-state index contributed by atoms with van der Waals surface area (Å²) in [6.45, 7) is 13.8. The molecule has 0 aromatic carbocycles. The molecule has 1 unspecified atom stereocenters. The zero-order chi connectivity index (χ0) is 12.8. The summed E-state index contributed by atoms with van der Waals surface area (Å²) in [4.78, 5) is 0. The van der Waals surface area contributed by atoms with E-state index in [0.29, 0.717) is 11.1 Å². The first-order valence-corrected chi connectivity index (χ1v) is 10.3. The maximum absolute atomic E-state index is 6.30. The van der Waals surface area contributed by atoms with Crippen LogP contribution in [0.3, 0.4) is 0 Å². The summed E-state index contributed by atoms with van der Waals surface area (Å²) in [7, 11) is -1.56. The van der Waals surface area contributed by atoms with Crippen LogP contribution >= 0.6 is 22.6 Å². The predicted octanol–water partition coefficient (Wildman–Crippen LogP) is 5.52. The molecule has 0 rings (SSSR count). The molecule has 0 amide bonds. The Labute approximate surface area is 116 Å². The first-order chi connectivity index (χ1) is 7.20. The van der Waals surface area contributed by atoms with E-state index < -0.39 is 8.32 Å². The number of unbranched alkanes of at least 4 members (excludes halogenated alkanes) is 1. The van der Waals surface area contributed by atoms with Crippen molar-refractivity contribution in [2.24, 2.45) is 0 Å². The van der Waals surface area contributed by atoms with Crippen LogP contribution in [0.1, 0.15) is 47.0 Å². The highest BCUT2D eigenvalue weighted by atomic mass is 127. The Hall–Kier alpha value is 0.647. The smallest absolute Gasteiger partial charge is 0.192 e. The normalized spacial score (nSPS) is 15.7. The van der Waals surface area contributed by atoms with Gasteiger partial charge in [-0.15, -0.1) is 0 Å². The molecule has 0 saturated carbocycles. The van der Waals surface area contributed by atoms with Crippen molar-refractivity contribution < 1.29 is 4.43 Å². The zero-order valence-electron chi connectivity index (χ0n) is 11.6. The van der Waals surface area contributed by atoms with Crippen molar-refractivity contribution in [1.82, 2.24) is 0 Å². The Balaban J connectivity index is 3.99. The number of rotatable bonds is 6. The van der Waals surface area contributed by atoms with Crippen LogP contribution in [0.2, 0.25) is 18.1 Å². The fourth-order valence-electron chi connectivity index (χ4n) is 1.32. The van der Waals surface area contributed by atoms with E-state index >= 15 is 0 Å². The molecule has 0 aliphatic rings. The molecule has 96 valence electrons. The molecule has 0 N–H and O–H groups in total. The predicted molar refractivity (Wildman–Crippen MR) is 84.8 cm³/mol. The molecule has 16 heavy (non-hydrogen) atoms. The van der Waals surface area contributed by atoms with Gasteiger partial charge in [0.2, 0.25) is 0 Å². The van der Waals surface area contributed by atoms with Gasteiger partial charge in [-0.25, -0.2) is 0 Å². The van der Waals surface area contributed by atoms with E-state index in [1.165, 1.54) is 19.3 Å². The highest BCUT2D eigenvalue weighted by molar-refractivity contribution is 14.1. The van der Waals surface area contributed by atoms with Crippen molar-refractivity contribution in [2.45, 2.75) is 71.2 Å². The van der Waals surface area contributed by atoms with E-state index in [9.17, 15) is 0 Å². The van der Waals surface area contributed by atoms with Gasteiger partial charge in [0.1, 0.15) is 0 Å². The summed E-state index contributed by atoms with van der Waals surface area (Å²) >= 11 is 2.27. The van der Waals surface area contributed by atoms with Crippen molar-refractivity contribution in [3.05, 3.63) is 10.2 Å². The third-order valence-corrected chi connectivity index (χ3v) is 8.49. The van der Waals surface area contributed by atoms with Crippen molar-refractivity contribution in [3.8, 4) is 0 Å². The lowest BCUT2D eigenvalue weighted by Crippen LogP contribution is -2.43. The molecule has 0 aromatic rings. The largest absolute Gasteiger partial charge is 0.414 e. The van der Waals surface area contributed by atoms with Gasteiger partial charge in [0.15, 0.2) is 8.32 Å². The number of halogens is 1. The quantitative estimate of drug-likeness (QED) is 0.347. The van der Waals surface area contributed by atoms with E-state index in [0.717, 1.165) is 0 Å². The number of hydrogen-bond acceptors (Lipinski definition) is 1. The summed E-state index contributed by atoms with van der Waals surface area (Å²) in [5.74, 6) is 0. The number of allylic oxidation sites excluding steroid dienone is 1. The van der Waals surface area contributed by atoms with Gasteiger partial charge in [0.25, 0.3) is 0 Å². The minimum absolute atomic E-state index is 0.323. The molecule has 0 aliphatic carbocycles. The van der Waals surface area contributed by atoms with Crippen molar-refractivity contribution >= 4 is 30.9 Å². The van der Waals surface area contributed by atoms with Gasteiger partial charge >= 0.3 is 0 Å². The molecule has 0 heterocycles. The monoisotopic (exact) mass is 354 g/mol. The van der Waals surface area contributed by atoms with Gasteiger partial charge in [-0.2, -0.15) is 0 Å². The summed E-state index contributed by atoms with van der Waals surface area (Å²) in [5, 5.41) is 0.323. The minimum atomic E-state index is -1.56. The Morgan fingerprint density at radius 2 is 1.88 bits per heavy atom. The van der Waals surface area contributed by atoms with Crippen LogP contribution in [0.15, 0.2) is 10.2 Å². The van der Waals surface area contributed by atoms with Crippen LogP contribution in [0, 0.1) is 0 Å². The highest BCUT2D eigenvalue weighted by Crippen LogP contribution is 2.37. The topological polar surface area (TPSA) is 9.23 Å². The summed E-state index contributed by atoms with van der Waals surface area (Å²) in [5.41, 5.74) is 0. The molecule has 1 atom stereocenters. The average Bonchev–Trinajstić information content (AvgIpc) is 2.10. The van der Waals surface area contributed by atoms with Crippen LogP contribution in [-0.4, -0.2) is 14.4 Å². The molecule has 0 fully saturated rings. The van der Waals surface area contributed by atoms with E-state index in [4.69, 9.17) is 4.43 Å². The second-order valence-electron chi connectivity index (χ2n) is 5.98. The Kier molecular flexibility index (Phi) is 7.45. The molecular formula is C13H27IOSi. The first-order valence-electron chi connectivity index (χ1n) is 6.14. The second-order valence-corrected chi connectivity index (χ2v) is 11.5. The van der Waals surface area contributed by atoms with Crippen LogP contribution in [0.5, 0.6) is 0 Å². The lowest BCUT2D eigenvalue weighted by atomic mass is 10.2. The summed E-state index contributed by atoms with van der Waals surface area (Å²) in [6, 6.07) is 0. The molecular weight excluding hydrogens is 327 g/mol. The van der Waals surface area contributed by atoms with E-state index in [2.05, 4.69) is 73.5 Å². The molecule has 0 spiro atoms. The fraction of sp³-hybridized carbons (Fsp3) is 0.846. The highest BCUT2D eigenvalue weighted by Gasteiger charge is 2.38. The van der Waals surface area contributed by atoms with Gasteiger partial charge in [0, 0.05) is 6.10 Å². The standard InChI is InChI=1S/C13H27IOSi/c1-12(10-8-7-9-11-14)15-16(5,6)13(2,3)4/h9,11-12H,7-8,10H2,1-6H3/b11-9+. The van der Waals surface area contributed by atoms with Crippen LogP contribution < -0.4 is 0 Å². The summed E-state index contributed by atoms with van der Waals surface area (Å²) in [6.07, 6.45) is 6.21. The molecule has 3 heteroatoms. The minimum Gasteiger partial charge on any atom is -0.414 e. The molecule has 0 saturated heterocycles. The van der Waals surface area contributed by atoms with Gasteiger partial charge in [-0.3, -0.25) is 0 Å². The Morgan fingerprint density at radius 1 is 1.31 bits per heavy atom. The third-order valence-electron chi connectivity index (χ3n) is 3.37. The fourth-order valence-corrected chi connectivity index (χ4v) is 3.16. The van der Waals surface area contributed by atoms with Crippen LogP contribution in [-0.2, 0) is 4.43 Å². The molecule has 0 aliphatic heterocycles. The Morgan fingerprint density at radius 3 is 2.31 bits per heavy atom. The molecule has 0 aromatic heterocycles. The van der Waals surface area contributed by atoms with Gasteiger partial charge < -0.3 is 4.43 Å². The van der Waals surface area contributed by atoms with Crippen molar-refractivity contribution in [2.75, 3.05) is 0 Å². The first kappa shape index (κ1) is 16.6.